The van der Waals surface area contributed by atoms with E-state index in [0.29, 0.717) is 18.8 Å². The van der Waals surface area contributed by atoms with Crippen LogP contribution in [0.3, 0.4) is 0 Å². The van der Waals surface area contributed by atoms with Crippen molar-refractivity contribution in [3.63, 3.8) is 0 Å². The highest BCUT2D eigenvalue weighted by Crippen LogP contribution is 2.33. The fourth-order valence-corrected chi connectivity index (χ4v) is 4.65. The highest BCUT2D eigenvalue weighted by Gasteiger charge is 2.39. The van der Waals surface area contributed by atoms with E-state index in [0.717, 1.165) is 51.4 Å². The van der Waals surface area contributed by atoms with Crippen LogP contribution < -0.4 is 16.2 Å². The minimum absolute atomic E-state index is 0.0787. The molecule has 3 N–H and O–H groups in total. The summed E-state index contributed by atoms with van der Waals surface area (Å²) in [6.45, 7) is 2.50. The van der Waals surface area contributed by atoms with Crippen molar-refractivity contribution < 1.29 is 19.0 Å². The van der Waals surface area contributed by atoms with Crippen LogP contribution in [0, 0.1) is 11.8 Å². The smallest absolute Gasteiger partial charge is 0.223 e. The van der Waals surface area contributed by atoms with Gasteiger partial charge in [0.1, 0.15) is 19.2 Å². The highest BCUT2D eigenvalue weighted by atomic mass is 16.7. The van der Waals surface area contributed by atoms with Crippen LogP contribution in [0.15, 0.2) is 0 Å². The predicted octanol–water partition coefficient (Wildman–Crippen LogP) is 1.39. The second-order valence-electron chi connectivity index (χ2n) is 7.90. The Labute approximate surface area is 149 Å². The largest absolute Gasteiger partial charge is 0.353 e. The molecule has 0 radical (unpaired) electrons. The molecule has 2 aliphatic carbocycles. The maximum Gasteiger partial charge on any atom is 0.223 e. The average Bonchev–Trinajstić information content (AvgIpc) is 3.30. The van der Waals surface area contributed by atoms with Gasteiger partial charge in [-0.25, -0.2) is 10.9 Å². The summed E-state index contributed by atoms with van der Waals surface area (Å²) < 4.78 is 17.1. The number of fused-ring (bicyclic) bond motifs is 1. The Hall–Kier alpha value is -0.730. The van der Waals surface area contributed by atoms with Gasteiger partial charge in [0.05, 0.1) is 12.2 Å². The van der Waals surface area contributed by atoms with E-state index in [9.17, 15) is 4.79 Å². The molecule has 0 aromatic heterocycles. The maximum absolute atomic E-state index is 12.6. The monoisotopic (exact) mass is 353 g/mol. The van der Waals surface area contributed by atoms with E-state index in [2.05, 4.69) is 23.1 Å². The van der Waals surface area contributed by atoms with Crippen LogP contribution in [-0.2, 0) is 19.0 Å². The molecule has 5 unspecified atom stereocenters. The van der Waals surface area contributed by atoms with E-state index >= 15 is 0 Å². The second kappa shape index (κ2) is 7.88. The molecule has 0 aromatic carbocycles. The molecule has 0 aromatic rings. The average molecular weight is 353 g/mol. The van der Waals surface area contributed by atoms with Gasteiger partial charge in [0.2, 0.25) is 5.91 Å². The summed E-state index contributed by atoms with van der Waals surface area (Å²) in [5, 5.41) is 3.29. The minimum Gasteiger partial charge on any atom is -0.353 e. The van der Waals surface area contributed by atoms with Crippen LogP contribution >= 0.6 is 0 Å². The summed E-state index contributed by atoms with van der Waals surface area (Å²) in [5.41, 5.74) is 6.46. The van der Waals surface area contributed by atoms with Crippen molar-refractivity contribution in [3.8, 4) is 0 Å². The zero-order valence-corrected chi connectivity index (χ0v) is 15.0. The molecule has 2 aliphatic heterocycles. The molecule has 1 amide bonds. The third kappa shape index (κ3) is 4.01. The van der Waals surface area contributed by atoms with E-state index in [-0.39, 0.29) is 36.5 Å². The Morgan fingerprint density at radius 1 is 1.04 bits per heavy atom. The predicted molar refractivity (Wildman–Crippen MR) is 91.1 cm³/mol. The number of hydrogen-bond donors (Lipinski definition) is 3. The van der Waals surface area contributed by atoms with Gasteiger partial charge in [-0.1, -0.05) is 6.92 Å². The fraction of sp³-hybridized carbons (Fsp3) is 0.944. The molecule has 5 atom stereocenters. The summed E-state index contributed by atoms with van der Waals surface area (Å²) in [5.74, 6) is 0.812. The third-order valence-electron chi connectivity index (χ3n) is 6.28. The van der Waals surface area contributed by atoms with Crippen molar-refractivity contribution in [1.29, 1.82) is 0 Å². The molecular weight excluding hydrogens is 322 g/mol. The van der Waals surface area contributed by atoms with Gasteiger partial charge in [-0.05, 0) is 57.3 Å². The number of rotatable bonds is 4. The van der Waals surface area contributed by atoms with Crippen LogP contribution in [-0.4, -0.2) is 43.4 Å². The van der Waals surface area contributed by atoms with Crippen LogP contribution in [0.5, 0.6) is 0 Å². The van der Waals surface area contributed by atoms with E-state index in [1.165, 1.54) is 0 Å². The van der Waals surface area contributed by atoms with Crippen molar-refractivity contribution in [2.45, 2.75) is 89.0 Å². The molecule has 0 spiro atoms. The first-order chi connectivity index (χ1) is 12.2. The summed E-state index contributed by atoms with van der Waals surface area (Å²) in [6.07, 6.45) is 8.42. The van der Waals surface area contributed by atoms with Gasteiger partial charge < -0.3 is 19.5 Å². The summed E-state index contributed by atoms with van der Waals surface area (Å²) in [6, 6.07) is 0.304. The van der Waals surface area contributed by atoms with Crippen molar-refractivity contribution >= 4 is 5.91 Å². The molecule has 4 rings (SSSR count). The van der Waals surface area contributed by atoms with E-state index in [1.807, 2.05) is 0 Å². The highest BCUT2D eigenvalue weighted by molar-refractivity contribution is 5.79. The lowest BCUT2D eigenvalue weighted by molar-refractivity contribution is -0.128. The molecule has 4 fully saturated rings. The summed E-state index contributed by atoms with van der Waals surface area (Å²) in [7, 11) is 0. The van der Waals surface area contributed by atoms with Crippen LogP contribution in [0.4, 0.5) is 0 Å². The molecular formula is C18H31N3O4. The molecule has 4 aliphatic rings. The number of carbonyl (C=O) groups excluding carboxylic acids is 1. The Balaban J connectivity index is 1.20. The Morgan fingerprint density at radius 2 is 1.84 bits per heavy atom. The second-order valence-corrected chi connectivity index (χ2v) is 7.90. The molecule has 2 saturated heterocycles. The topological polar surface area (TPSA) is 80.9 Å². The minimum atomic E-state index is 0.0787. The van der Waals surface area contributed by atoms with Gasteiger partial charge in [-0.15, -0.1) is 0 Å². The van der Waals surface area contributed by atoms with Crippen molar-refractivity contribution in [2.24, 2.45) is 11.8 Å². The summed E-state index contributed by atoms with van der Waals surface area (Å²) in [4.78, 5) is 12.6. The normalized spacial score (nSPS) is 44.4. The van der Waals surface area contributed by atoms with Crippen molar-refractivity contribution in [3.05, 3.63) is 0 Å². The van der Waals surface area contributed by atoms with Crippen molar-refractivity contribution in [2.75, 3.05) is 6.79 Å². The third-order valence-corrected chi connectivity index (χ3v) is 6.28. The Kier molecular flexibility index (Phi) is 5.57. The van der Waals surface area contributed by atoms with Crippen molar-refractivity contribution in [1.82, 2.24) is 16.2 Å². The molecule has 7 nitrogen and oxygen atoms in total. The Morgan fingerprint density at radius 3 is 2.60 bits per heavy atom. The lowest BCUT2D eigenvalue weighted by atomic mass is 9.82. The van der Waals surface area contributed by atoms with Gasteiger partial charge in [0.25, 0.3) is 0 Å². The first-order valence-electron chi connectivity index (χ1n) is 9.93. The Bertz CT molecular complexity index is 469. The molecule has 7 heteroatoms. The number of carbonyl (C=O) groups is 1. The van der Waals surface area contributed by atoms with Gasteiger partial charge >= 0.3 is 0 Å². The first kappa shape index (κ1) is 17.7. The standard InChI is InChI=1S/C18H31N3O4/c1-2-16-20-21-18(25-16)11-3-6-13(7-4-11)19-17(22)12-5-8-14-15(9-12)24-10-23-14/h11-16,18,20-21H,2-10H2,1H3,(H,19,22). The molecule has 0 bridgehead atoms. The molecule has 142 valence electrons. The fourth-order valence-electron chi connectivity index (χ4n) is 4.65. The number of nitrogens with one attached hydrogen (secondary N) is 3. The summed E-state index contributed by atoms with van der Waals surface area (Å²) >= 11 is 0. The van der Waals surface area contributed by atoms with Gasteiger partial charge in [0.15, 0.2) is 0 Å². The number of hydrogen-bond acceptors (Lipinski definition) is 6. The number of amides is 1. The van der Waals surface area contributed by atoms with E-state index < -0.39 is 0 Å². The van der Waals surface area contributed by atoms with Crippen LogP contribution in [0.2, 0.25) is 0 Å². The van der Waals surface area contributed by atoms with Crippen LogP contribution in [0.25, 0.3) is 0 Å². The molecule has 2 saturated carbocycles. The SMILES string of the molecule is CCC1NNC(C2CCC(NC(=O)C3CCC4OCOC4C3)CC2)O1. The lowest BCUT2D eigenvalue weighted by Crippen LogP contribution is -2.46. The zero-order chi connectivity index (χ0) is 17.2. The molecule has 25 heavy (non-hydrogen) atoms. The van der Waals surface area contributed by atoms with E-state index in [1.54, 1.807) is 0 Å². The first-order valence-corrected chi connectivity index (χ1v) is 9.93. The molecule has 2 heterocycles. The maximum atomic E-state index is 12.6. The van der Waals surface area contributed by atoms with Crippen LogP contribution in [0.1, 0.15) is 58.3 Å². The van der Waals surface area contributed by atoms with E-state index in [4.69, 9.17) is 14.2 Å². The van der Waals surface area contributed by atoms with Gasteiger partial charge in [-0.3, -0.25) is 4.79 Å². The van der Waals surface area contributed by atoms with Gasteiger partial charge in [0, 0.05) is 12.0 Å². The zero-order valence-electron chi connectivity index (χ0n) is 15.0. The van der Waals surface area contributed by atoms with Gasteiger partial charge in [-0.2, -0.15) is 0 Å². The number of ether oxygens (including phenoxy) is 3. The quantitative estimate of drug-likeness (QED) is 0.709. The lowest BCUT2D eigenvalue weighted by Gasteiger charge is -2.34. The number of hydrazine groups is 1.